The van der Waals surface area contributed by atoms with E-state index in [2.05, 4.69) is 0 Å². The molecule has 0 spiro atoms. The van der Waals surface area contributed by atoms with E-state index in [-0.39, 0.29) is 40.1 Å². The SMILES string of the molecule is CC.CC.O=Cc1ccccc1.[CH3-].[Y]. The van der Waals surface area contributed by atoms with Crippen molar-refractivity contribution in [2.24, 2.45) is 0 Å². The van der Waals surface area contributed by atoms with Crippen LogP contribution in [0.5, 0.6) is 0 Å². The number of carbonyl (C=O) groups excluding carboxylic acids is 1. The van der Waals surface area contributed by atoms with Gasteiger partial charge < -0.3 is 7.43 Å². The standard InChI is InChI=1S/C7H6O.2C2H6.CH3.Y/c8-6-7-4-2-1-3-5-7;2*1-2;;/h1-6H;2*1-2H3;1H3;/q;;;-1;. The molecule has 0 heterocycles. The Morgan fingerprint density at radius 1 is 0.929 bits per heavy atom. The van der Waals surface area contributed by atoms with E-state index in [0.29, 0.717) is 0 Å². The van der Waals surface area contributed by atoms with E-state index in [4.69, 9.17) is 0 Å². The van der Waals surface area contributed by atoms with Gasteiger partial charge in [0.15, 0.2) is 0 Å². The molecule has 1 nitrogen and oxygen atoms in total. The molecule has 0 atom stereocenters. The van der Waals surface area contributed by atoms with Gasteiger partial charge in [-0.1, -0.05) is 58.0 Å². The van der Waals surface area contributed by atoms with Gasteiger partial charge in [-0.2, -0.15) is 0 Å². The summed E-state index contributed by atoms with van der Waals surface area (Å²) in [5.74, 6) is 0. The molecule has 1 aromatic carbocycles. The second-order valence-electron chi connectivity index (χ2n) is 1.53. The van der Waals surface area contributed by atoms with Crippen LogP contribution in [0, 0.1) is 7.43 Å². The molecule has 0 aliphatic carbocycles. The average molecular weight is 270 g/mol. The zero-order valence-electron chi connectivity index (χ0n) is 9.95. The number of benzene rings is 1. The first-order valence-electron chi connectivity index (χ1n) is 4.44. The fraction of sp³-hybridized carbons (Fsp3) is 0.333. The van der Waals surface area contributed by atoms with Crippen LogP contribution in [0.25, 0.3) is 0 Å². The molecule has 0 aliphatic heterocycles. The van der Waals surface area contributed by atoms with Crippen LogP contribution in [0.3, 0.4) is 0 Å². The monoisotopic (exact) mass is 270 g/mol. The maximum atomic E-state index is 10.0. The summed E-state index contributed by atoms with van der Waals surface area (Å²) in [6, 6.07) is 9.10. The van der Waals surface area contributed by atoms with Gasteiger partial charge in [0.25, 0.3) is 0 Å². The van der Waals surface area contributed by atoms with Crippen LogP contribution in [0.4, 0.5) is 0 Å². The predicted octanol–water partition coefficient (Wildman–Crippen LogP) is 4.00. The van der Waals surface area contributed by atoms with Crippen LogP contribution < -0.4 is 0 Å². The molecule has 0 N–H and O–H groups in total. The number of carbonyl (C=O) groups is 1. The summed E-state index contributed by atoms with van der Waals surface area (Å²) in [6.07, 6.45) is 0.833. The van der Waals surface area contributed by atoms with Crippen molar-refractivity contribution in [1.82, 2.24) is 0 Å². The molecule has 1 rings (SSSR count). The van der Waals surface area contributed by atoms with Crippen molar-refractivity contribution in [2.75, 3.05) is 0 Å². The molecule has 0 aromatic heterocycles. The number of hydrogen-bond donors (Lipinski definition) is 0. The van der Waals surface area contributed by atoms with Gasteiger partial charge in [0, 0.05) is 38.3 Å². The summed E-state index contributed by atoms with van der Waals surface area (Å²) >= 11 is 0. The summed E-state index contributed by atoms with van der Waals surface area (Å²) in [6.45, 7) is 8.00. The van der Waals surface area contributed by atoms with Crippen molar-refractivity contribution in [2.45, 2.75) is 27.7 Å². The summed E-state index contributed by atoms with van der Waals surface area (Å²) in [5.41, 5.74) is 0.729. The van der Waals surface area contributed by atoms with E-state index < -0.39 is 0 Å². The van der Waals surface area contributed by atoms with E-state index in [1.54, 1.807) is 12.1 Å². The van der Waals surface area contributed by atoms with E-state index in [9.17, 15) is 4.79 Å². The topological polar surface area (TPSA) is 17.1 Å². The van der Waals surface area contributed by atoms with Crippen LogP contribution in [0.15, 0.2) is 30.3 Å². The van der Waals surface area contributed by atoms with Gasteiger partial charge in [0.1, 0.15) is 6.29 Å². The molecule has 0 saturated carbocycles. The van der Waals surface area contributed by atoms with Gasteiger partial charge >= 0.3 is 0 Å². The third-order valence-electron chi connectivity index (χ3n) is 0.936. The normalized spacial score (nSPS) is 5.71. The second kappa shape index (κ2) is 23.1. The van der Waals surface area contributed by atoms with E-state index >= 15 is 0 Å². The first-order valence-corrected chi connectivity index (χ1v) is 4.44. The fourth-order valence-corrected chi connectivity index (χ4v) is 0.532. The molecule has 14 heavy (non-hydrogen) atoms. The van der Waals surface area contributed by atoms with Crippen molar-refractivity contribution < 1.29 is 37.5 Å². The van der Waals surface area contributed by atoms with Gasteiger partial charge in [0.05, 0.1) is 0 Å². The second-order valence-corrected chi connectivity index (χ2v) is 1.53. The Kier molecular flexibility index (Phi) is 39.0. The molecule has 0 amide bonds. The predicted molar refractivity (Wildman–Crippen MR) is 60.9 cm³/mol. The Morgan fingerprint density at radius 3 is 1.50 bits per heavy atom. The maximum absolute atomic E-state index is 10.0. The minimum absolute atomic E-state index is 0. The Balaban J connectivity index is -0.0000000750. The van der Waals surface area contributed by atoms with Crippen molar-refractivity contribution in [1.29, 1.82) is 0 Å². The molecule has 1 aromatic rings. The van der Waals surface area contributed by atoms with Gasteiger partial charge in [-0.05, 0) is 0 Å². The summed E-state index contributed by atoms with van der Waals surface area (Å²) in [4.78, 5) is 10.0. The third-order valence-corrected chi connectivity index (χ3v) is 0.936. The molecule has 0 fully saturated rings. The quantitative estimate of drug-likeness (QED) is 0.557. The van der Waals surface area contributed by atoms with Crippen molar-refractivity contribution in [3.63, 3.8) is 0 Å². The minimum Gasteiger partial charge on any atom is -0.358 e. The molecular weight excluding hydrogens is 249 g/mol. The molecule has 0 aliphatic rings. The molecule has 0 saturated heterocycles. The van der Waals surface area contributed by atoms with Crippen LogP contribution in [0.1, 0.15) is 38.1 Å². The van der Waals surface area contributed by atoms with Crippen LogP contribution in [0.2, 0.25) is 0 Å². The van der Waals surface area contributed by atoms with Gasteiger partial charge in [0.2, 0.25) is 0 Å². The summed E-state index contributed by atoms with van der Waals surface area (Å²) in [5, 5.41) is 0. The van der Waals surface area contributed by atoms with Crippen LogP contribution >= 0.6 is 0 Å². The smallest absolute Gasteiger partial charge is 0.150 e. The van der Waals surface area contributed by atoms with E-state index in [1.165, 1.54) is 0 Å². The molecule has 1 radical (unpaired) electrons. The Labute approximate surface area is 114 Å². The molecule has 0 unspecified atom stereocenters. The number of aldehydes is 1. The van der Waals surface area contributed by atoms with E-state index in [1.807, 2.05) is 45.9 Å². The number of hydrogen-bond acceptors (Lipinski definition) is 1. The zero-order valence-corrected chi connectivity index (χ0v) is 12.8. The third kappa shape index (κ3) is 14.5. The first kappa shape index (κ1) is 23.7. The first-order chi connectivity index (χ1) is 5.93. The molecule has 2 heteroatoms. The summed E-state index contributed by atoms with van der Waals surface area (Å²) in [7, 11) is 0. The molecule has 0 bridgehead atoms. The van der Waals surface area contributed by atoms with Gasteiger partial charge in [-0.3, -0.25) is 4.79 Å². The average Bonchev–Trinajstić information content (AvgIpc) is 2.25. The fourth-order valence-electron chi connectivity index (χ4n) is 0.532. The van der Waals surface area contributed by atoms with Crippen molar-refractivity contribution in [3.8, 4) is 0 Å². The Morgan fingerprint density at radius 2 is 1.29 bits per heavy atom. The maximum Gasteiger partial charge on any atom is 0.150 e. The van der Waals surface area contributed by atoms with Crippen molar-refractivity contribution >= 4 is 6.29 Å². The Hall–Kier alpha value is -0.00610. The van der Waals surface area contributed by atoms with Crippen LogP contribution in [-0.2, 0) is 32.7 Å². The minimum atomic E-state index is 0. The zero-order chi connectivity index (χ0) is 9.82. The van der Waals surface area contributed by atoms with Gasteiger partial charge in [-0.25, -0.2) is 0 Å². The van der Waals surface area contributed by atoms with E-state index in [0.717, 1.165) is 11.8 Å². The van der Waals surface area contributed by atoms with Crippen LogP contribution in [-0.4, -0.2) is 6.29 Å². The molecular formula is C12H21OY-. The van der Waals surface area contributed by atoms with Gasteiger partial charge in [-0.15, -0.1) is 0 Å². The van der Waals surface area contributed by atoms with Crippen molar-refractivity contribution in [3.05, 3.63) is 43.3 Å². The number of rotatable bonds is 1. The largest absolute Gasteiger partial charge is 0.358 e. The summed E-state index contributed by atoms with van der Waals surface area (Å²) < 4.78 is 0. The molecule has 79 valence electrons. The Bertz CT molecular complexity index is 173.